The van der Waals surface area contributed by atoms with Gasteiger partial charge in [0.05, 0.1) is 5.39 Å². The third-order valence-electron chi connectivity index (χ3n) is 2.82. The topological polar surface area (TPSA) is 65.8 Å². The third-order valence-corrected chi connectivity index (χ3v) is 3.54. The number of rotatable bonds is 2. The minimum atomic E-state index is -0.257. The molecule has 3 aromatic rings. The summed E-state index contributed by atoms with van der Waals surface area (Å²) in [5.74, 6) is 1.25. The van der Waals surface area contributed by atoms with Crippen molar-refractivity contribution in [2.75, 3.05) is 5.75 Å². The Balaban J connectivity index is 2.44. The Hall–Kier alpha value is -1.95. The molecule has 0 radical (unpaired) electrons. The van der Waals surface area contributed by atoms with E-state index in [0.29, 0.717) is 16.5 Å². The molecule has 0 amide bonds. The Kier molecular flexibility index (Phi) is 2.94. The highest BCUT2D eigenvalue weighted by Gasteiger charge is 2.17. The molecule has 0 saturated carbocycles. The summed E-state index contributed by atoms with van der Waals surface area (Å²) in [6.07, 6.45) is 0. The zero-order valence-corrected chi connectivity index (χ0v) is 11.4. The predicted molar refractivity (Wildman–Crippen MR) is 71.1 cm³/mol. The number of aryl methyl sites for hydroxylation is 1. The first-order valence-electron chi connectivity index (χ1n) is 6.00. The Morgan fingerprint density at radius 3 is 2.84 bits per heavy atom. The summed E-state index contributed by atoms with van der Waals surface area (Å²) in [5, 5.41) is 17.9. The molecule has 5 nitrogen and oxygen atoms in total. The molecule has 0 spiro atoms. The fourth-order valence-electron chi connectivity index (χ4n) is 2.04. The van der Waals surface area contributed by atoms with Crippen LogP contribution in [0.5, 0.6) is 5.88 Å². The number of para-hydroxylation sites is 1. The molecule has 0 saturated heterocycles. The highest BCUT2D eigenvalue weighted by atomic mass is 32.2. The first kappa shape index (κ1) is 12.1. The van der Waals surface area contributed by atoms with E-state index in [9.17, 15) is 5.11 Å². The summed E-state index contributed by atoms with van der Waals surface area (Å²) < 4.78 is 1.59. The number of benzene rings is 1. The van der Waals surface area contributed by atoms with Gasteiger partial charge in [0.15, 0.2) is 11.0 Å². The summed E-state index contributed by atoms with van der Waals surface area (Å²) in [4.78, 5) is 8.50. The van der Waals surface area contributed by atoms with Crippen molar-refractivity contribution in [3.63, 3.8) is 0 Å². The second kappa shape index (κ2) is 4.62. The van der Waals surface area contributed by atoms with Crippen LogP contribution in [0.4, 0.5) is 0 Å². The molecule has 19 heavy (non-hydrogen) atoms. The van der Waals surface area contributed by atoms with Crippen LogP contribution in [0.3, 0.4) is 0 Å². The Bertz CT molecular complexity index is 775. The molecule has 0 bridgehead atoms. The summed E-state index contributed by atoms with van der Waals surface area (Å²) >= 11 is 1.45. The monoisotopic (exact) mass is 272 g/mol. The average molecular weight is 272 g/mol. The molecule has 0 fully saturated rings. The van der Waals surface area contributed by atoms with E-state index in [4.69, 9.17) is 0 Å². The molecule has 0 unspecified atom stereocenters. The van der Waals surface area contributed by atoms with Crippen molar-refractivity contribution < 1.29 is 9.62 Å². The van der Waals surface area contributed by atoms with Gasteiger partial charge in [-0.1, -0.05) is 40.4 Å². The quantitative estimate of drug-likeness (QED) is 0.399. The lowest BCUT2D eigenvalue weighted by Crippen LogP contribution is -2.34. The third kappa shape index (κ3) is 1.98. The van der Waals surface area contributed by atoms with Crippen LogP contribution in [-0.4, -0.2) is 20.8 Å². The molecule has 0 aliphatic heterocycles. The molecule has 0 N–H and O–H groups in total. The van der Waals surface area contributed by atoms with E-state index in [-0.39, 0.29) is 5.88 Å². The molecule has 6 heteroatoms. The van der Waals surface area contributed by atoms with Crippen molar-refractivity contribution in [1.29, 1.82) is 0 Å². The lowest BCUT2D eigenvalue weighted by atomic mass is 10.2. The van der Waals surface area contributed by atoms with E-state index < -0.39 is 0 Å². The fraction of sp³-hybridized carbons (Fsp3) is 0.231. The minimum absolute atomic E-state index is 0.257. The Morgan fingerprint density at radius 1 is 1.26 bits per heavy atom. The van der Waals surface area contributed by atoms with Gasteiger partial charge in [0.25, 0.3) is 0 Å². The molecule has 0 aliphatic carbocycles. The minimum Gasteiger partial charge on any atom is -0.856 e. The zero-order valence-electron chi connectivity index (χ0n) is 10.6. The van der Waals surface area contributed by atoms with Crippen LogP contribution in [0, 0.1) is 6.92 Å². The van der Waals surface area contributed by atoms with Crippen LogP contribution in [0.1, 0.15) is 12.7 Å². The number of aromatic nitrogens is 4. The molecule has 0 aliphatic rings. The van der Waals surface area contributed by atoms with Gasteiger partial charge in [-0.2, -0.15) is 0 Å². The largest absolute Gasteiger partial charge is 0.856 e. The van der Waals surface area contributed by atoms with E-state index >= 15 is 0 Å². The smallest absolute Gasteiger partial charge is 0.321 e. The fourth-order valence-corrected chi connectivity index (χ4v) is 2.58. The van der Waals surface area contributed by atoms with E-state index in [1.807, 2.05) is 38.1 Å². The highest BCUT2D eigenvalue weighted by Crippen LogP contribution is 2.21. The molecule has 2 aromatic heterocycles. The van der Waals surface area contributed by atoms with E-state index in [0.717, 1.165) is 16.7 Å². The van der Waals surface area contributed by atoms with Gasteiger partial charge in [-0.15, -0.1) is 0 Å². The summed E-state index contributed by atoms with van der Waals surface area (Å²) in [5.41, 5.74) is 1.28. The number of fused-ring (bicyclic) bond motifs is 3. The molecule has 0 atom stereocenters. The van der Waals surface area contributed by atoms with E-state index in [1.54, 1.807) is 4.52 Å². The molecule has 1 aromatic carbocycles. The van der Waals surface area contributed by atoms with Gasteiger partial charge in [0.2, 0.25) is 5.16 Å². The van der Waals surface area contributed by atoms with Crippen LogP contribution in [0.25, 0.3) is 16.4 Å². The molecular weight excluding hydrogens is 260 g/mol. The number of thioether (sulfide) groups is 1. The maximum Gasteiger partial charge on any atom is 0.321 e. The van der Waals surface area contributed by atoms with Crippen LogP contribution < -0.4 is 9.62 Å². The van der Waals surface area contributed by atoms with Gasteiger partial charge < -0.3 is 5.11 Å². The van der Waals surface area contributed by atoms with Gasteiger partial charge in [-0.3, -0.25) is 0 Å². The molecule has 2 heterocycles. The molecule has 96 valence electrons. The lowest BCUT2D eigenvalue weighted by Gasteiger charge is -2.09. The van der Waals surface area contributed by atoms with Gasteiger partial charge in [-0.25, -0.2) is 4.98 Å². The SMILES string of the molecule is CCSc1nc([O-])c2c3ccccc3nc(C)[n+]2n1. The van der Waals surface area contributed by atoms with Crippen molar-refractivity contribution in [2.24, 2.45) is 0 Å². The van der Waals surface area contributed by atoms with Crippen molar-refractivity contribution in [3.8, 4) is 5.88 Å². The second-order valence-corrected chi connectivity index (χ2v) is 5.30. The maximum atomic E-state index is 12.2. The van der Waals surface area contributed by atoms with Crippen LogP contribution >= 0.6 is 11.8 Å². The number of nitrogens with zero attached hydrogens (tertiary/aromatic N) is 4. The Labute approximate surface area is 114 Å². The van der Waals surface area contributed by atoms with Crippen LogP contribution in [0.15, 0.2) is 29.4 Å². The first-order chi connectivity index (χ1) is 9.20. The van der Waals surface area contributed by atoms with E-state index in [1.165, 1.54) is 11.8 Å². The predicted octanol–water partition coefficient (Wildman–Crippen LogP) is 1.26. The highest BCUT2D eigenvalue weighted by molar-refractivity contribution is 7.99. The number of hydrogen-bond donors (Lipinski definition) is 0. The van der Waals surface area contributed by atoms with Crippen molar-refractivity contribution >= 4 is 28.2 Å². The normalized spacial score (nSPS) is 11.3. The van der Waals surface area contributed by atoms with Gasteiger partial charge >= 0.3 is 5.82 Å². The maximum absolute atomic E-state index is 12.2. The first-order valence-corrected chi connectivity index (χ1v) is 6.98. The van der Waals surface area contributed by atoms with Gasteiger partial charge in [0, 0.05) is 12.8 Å². The van der Waals surface area contributed by atoms with Crippen molar-refractivity contribution in [3.05, 3.63) is 30.1 Å². The van der Waals surface area contributed by atoms with Crippen molar-refractivity contribution in [1.82, 2.24) is 15.1 Å². The van der Waals surface area contributed by atoms with E-state index in [2.05, 4.69) is 15.1 Å². The summed E-state index contributed by atoms with van der Waals surface area (Å²) in [6.45, 7) is 3.84. The second-order valence-electron chi connectivity index (χ2n) is 4.07. The molecule has 3 rings (SSSR count). The van der Waals surface area contributed by atoms with Crippen molar-refractivity contribution in [2.45, 2.75) is 19.0 Å². The van der Waals surface area contributed by atoms with Gasteiger partial charge in [0.1, 0.15) is 0 Å². The standard InChI is InChI=1S/C13H12N4OS/c1-3-19-13-15-12(18)11-9-6-4-5-7-10(9)14-8(2)17(11)16-13/h4-7H,3H2,1-2H3. The Morgan fingerprint density at radius 2 is 2.05 bits per heavy atom. The van der Waals surface area contributed by atoms with Gasteiger partial charge in [-0.05, 0) is 22.9 Å². The zero-order chi connectivity index (χ0) is 13.4. The van der Waals surface area contributed by atoms with Crippen LogP contribution in [0.2, 0.25) is 0 Å². The molecular formula is C13H12N4OS. The number of hydrogen-bond acceptors (Lipinski definition) is 5. The average Bonchev–Trinajstić information content (AvgIpc) is 2.39. The lowest BCUT2D eigenvalue weighted by molar-refractivity contribution is -0.598. The summed E-state index contributed by atoms with van der Waals surface area (Å²) in [7, 11) is 0. The van der Waals surface area contributed by atoms with Crippen LogP contribution in [-0.2, 0) is 0 Å². The summed E-state index contributed by atoms with van der Waals surface area (Å²) in [6, 6.07) is 7.54.